The minimum Gasteiger partial charge on any atom is -0.386 e. The average molecular weight is 488 g/mol. The molecule has 2 heterocycles. The molecular weight excluding hydrogens is 470 g/mol. The van der Waals surface area contributed by atoms with Gasteiger partial charge in [-0.25, -0.2) is 9.97 Å². The summed E-state index contributed by atoms with van der Waals surface area (Å²) in [7, 11) is 2.73. The zero-order valence-corrected chi connectivity index (χ0v) is 18.4. The van der Waals surface area contributed by atoms with Crippen molar-refractivity contribution in [3.63, 3.8) is 0 Å². The van der Waals surface area contributed by atoms with E-state index in [-0.39, 0.29) is 27.8 Å². The van der Waals surface area contributed by atoms with Crippen LogP contribution < -0.4 is 5.32 Å². The number of anilines is 1. The molecule has 0 unspecified atom stereocenters. The summed E-state index contributed by atoms with van der Waals surface area (Å²) in [6, 6.07) is 3.52. The number of hydrogen-bond acceptors (Lipinski definition) is 5. The number of halogens is 6. The van der Waals surface area contributed by atoms with Gasteiger partial charge in [-0.3, -0.25) is 4.79 Å². The van der Waals surface area contributed by atoms with Crippen LogP contribution in [0.15, 0.2) is 35.4 Å². The van der Waals surface area contributed by atoms with Gasteiger partial charge in [-0.2, -0.15) is 26.3 Å². The van der Waals surface area contributed by atoms with E-state index in [1.54, 1.807) is 0 Å². The number of aryl methyl sites for hydroxylation is 1. The Hall–Kier alpha value is -3.02. The number of thioether (sulfide) groups is 1. The Balaban J connectivity index is 2.06. The standard InChI is InChI=1S/C21H18F6N4OS/c1-4-33-17-9-15-13(30-19(31(15)3)21(25,26)27)8-12(17)16(32)6-5-11-7-18(20(22,23)24)29-10-14(11)28-2/h5-10,28H,4H2,1-3H3/b6-5+. The third-order valence-electron chi connectivity index (χ3n) is 4.71. The second kappa shape index (κ2) is 9.08. The molecule has 0 saturated heterocycles. The Morgan fingerprint density at radius 3 is 2.42 bits per heavy atom. The van der Waals surface area contributed by atoms with Gasteiger partial charge in [0.1, 0.15) is 5.69 Å². The van der Waals surface area contributed by atoms with E-state index < -0.39 is 29.7 Å². The van der Waals surface area contributed by atoms with Gasteiger partial charge < -0.3 is 9.88 Å². The molecule has 33 heavy (non-hydrogen) atoms. The van der Waals surface area contributed by atoms with Crippen LogP contribution in [0.3, 0.4) is 0 Å². The van der Waals surface area contributed by atoms with Gasteiger partial charge in [-0.15, -0.1) is 11.8 Å². The van der Waals surface area contributed by atoms with Crippen LogP contribution in [0.5, 0.6) is 0 Å². The Morgan fingerprint density at radius 2 is 1.85 bits per heavy atom. The number of ketones is 1. The van der Waals surface area contributed by atoms with Crippen molar-refractivity contribution in [2.24, 2.45) is 7.05 Å². The second-order valence-electron chi connectivity index (χ2n) is 6.86. The molecular formula is C21H18F6N4OS. The molecule has 0 fully saturated rings. The van der Waals surface area contributed by atoms with E-state index in [1.807, 2.05) is 6.92 Å². The molecule has 3 aromatic rings. The summed E-state index contributed by atoms with van der Waals surface area (Å²) in [5.41, 5.74) is -0.471. The van der Waals surface area contributed by atoms with E-state index in [4.69, 9.17) is 0 Å². The largest absolute Gasteiger partial charge is 0.449 e. The molecule has 0 spiro atoms. The quantitative estimate of drug-likeness (QED) is 0.198. The van der Waals surface area contributed by atoms with Crippen LogP contribution in [0.1, 0.15) is 34.4 Å². The van der Waals surface area contributed by atoms with Gasteiger partial charge in [0.2, 0.25) is 5.82 Å². The normalized spacial score (nSPS) is 12.6. The lowest BCUT2D eigenvalue weighted by molar-refractivity contribution is -0.146. The number of alkyl halides is 6. The van der Waals surface area contributed by atoms with E-state index in [0.29, 0.717) is 10.6 Å². The van der Waals surface area contributed by atoms with Gasteiger partial charge >= 0.3 is 12.4 Å². The first kappa shape index (κ1) is 24.6. The van der Waals surface area contributed by atoms with Crippen molar-refractivity contribution in [3.8, 4) is 0 Å². The molecule has 1 N–H and O–H groups in total. The second-order valence-corrected chi connectivity index (χ2v) is 8.17. The molecule has 0 radical (unpaired) electrons. The molecule has 176 valence electrons. The molecule has 12 heteroatoms. The van der Waals surface area contributed by atoms with Crippen molar-refractivity contribution in [1.82, 2.24) is 14.5 Å². The van der Waals surface area contributed by atoms with E-state index in [9.17, 15) is 31.1 Å². The first-order valence-electron chi connectivity index (χ1n) is 9.54. The smallest absolute Gasteiger partial charge is 0.386 e. The Bertz CT molecular complexity index is 1230. The van der Waals surface area contributed by atoms with E-state index >= 15 is 0 Å². The maximum atomic E-state index is 13.2. The van der Waals surface area contributed by atoms with Crippen LogP contribution in [-0.4, -0.2) is 33.1 Å². The highest BCUT2D eigenvalue weighted by molar-refractivity contribution is 7.99. The number of hydrogen-bond donors (Lipinski definition) is 1. The lowest BCUT2D eigenvalue weighted by atomic mass is 10.1. The molecule has 0 bridgehead atoms. The first-order chi connectivity index (χ1) is 15.4. The average Bonchev–Trinajstić information content (AvgIpc) is 3.07. The summed E-state index contributed by atoms with van der Waals surface area (Å²) in [6.07, 6.45) is -6.05. The van der Waals surface area contributed by atoms with Crippen molar-refractivity contribution in [2.75, 3.05) is 18.1 Å². The summed E-state index contributed by atoms with van der Waals surface area (Å²) in [6.45, 7) is 1.82. The highest BCUT2D eigenvalue weighted by atomic mass is 32.2. The van der Waals surface area contributed by atoms with Crippen LogP contribution in [0.4, 0.5) is 32.0 Å². The topological polar surface area (TPSA) is 59.8 Å². The summed E-state index contributed by atoms with van der Waals surface area (Å²) in [4.78, 5) is 20.3. The molecule has 0 aliphatic rings. The molecule has 5 nitrogen and oxygen atoms in total. The number of benzene rings is 1. The summed E-state index contributed by atoms with van der Waals surface area (Å²) >= 11 is 1.26. The number of nitrogens with one attached hydrogen (secondary N) is 1. The van der Waals surface area contributed by atoms with Gasteiger partial charge in [0.25, 0.3) is 0 Å². The van der Waals surface area contributed by atoms with Crippen LogP contribution >= 0.6 is 11.8 Å². The molecule has 0 atom stereocenters. The number of nitrogens with zero attached hydrogens (tertiary/aromatic N) is 3. The fraction of sp³-hybridized carbons (Fsp3) is 0.286. The first-order valence-corrected chi connectivity index (χ1v) is 10.5. The molecule has 1 aromatic carbocycles. The van der Waals surface area contributed by atoms with E-state index in [0.717, 1.165) is 22.9 Å². The monoisotopic (exact) mass is 488 g/mol. The molecule has 2 aromatic heterocycles. The fourth-order valence-electron chi connectivity index (χ4n) is 3.17. The molecule has 3 rings (SSSR count). The third kappa shape index (κ3) is 5.15. The van der Waals surface area contributed by atoms with E-state index in [2.05, 4.69) is 15.3 Å². The fourth-order valence-corrected chi connectivity index (χ4v) is 3.99. The number of allylic oxidation sites excluding steroid dienone is 1. The zero-order chi connectivity index (χ0) is 24.6. The number of carbonyl (C=O) groups is 1. The van der Waals surface area contributed by atoms with Crippen molar-refractivity contribution in [1.29, 1.82) is 0 Å². The Kier molecular flexibility index (Phi) is 6.78. The van der Waals surface area contributed by atoms with Gasteiger partial charge in [0.15, 0.2) is 5.78 Å². The zero-order valence-electron chi connectivity index (χ0n) is 17.6. The van der Waals surface area contributed by atoms with Crippen molar-refractivity contribution >= 4 is 40.3 Å². The van der Waals surface area contributed by atoms with Crippen molar-refractivity contribution in [2.45, 2.75) is 24.2 Å². The number of carbonyl (C=O) groups excluding carboxylic acids is 1. The van der Waals surface area contributed by atoms with Crippen LogP contribution in [0.25, 0.3) is 17.1 Å². The maximum Gasteiger partial charge on any atom is 0.449 e. The van der Waals surface area contributed by atoms with Crippen LogP contribution in [0, 0.1) is 0 Å². The number of aromatic nitrogens is 3. The summed E-state index contributed by atoms with van der Waals surface area (Å²) in [5.74, 6) is -1.14. The number of imidazole rings is 1. The number of rotatable bonds is 6. The van der Waals surface area contributed by atoms with Gasteiger partial charge in [0, 0.05) is 30.1 Å². The summed E-state index contributed by atoms with van der Waals surface area (Å²) in [5, 5.41) is 2.70. The van der Waals surface area contributed by atoms with Gasteiger partial charge in [0.05, 0.1) is 22.9 Å². The number of fused-ring (bicyclic) bond motifs is 1. The maximum absolute atomic E-state index is 13.2. The summed E-state index contributed by atoms with van der Waals surface area (Å²) < 4.78 is 79.6. The van der Waals surface area contributed by atoms with Crippen LogP contribution in [-0.2, 0) is 19.4 Å². The highest BCUT2D eigenvalue weighted by Crippen LogP contribution is 2.34. The van der Waals surface area contributed by atoms with Gasteiger partial charge in [-0.05, 0) is 36.1 Å². The Morgan fingerprint density at radius 1 is 1.15 bits per heavy atom. The predicted molar refractivity (Wildman–Crippen MR) is 114 cm³/mol. The van der Waals surface area contributed by atoms with Gasteiger partial charge in [-0.1, -0.05) is 6.92 Å². The minimum atomic E-state index is -4.67. The van der Waals surface area contributed by atoms with Crippen molar-refractivity contribution in [3.05, 3.63) is 53.1 Å². The SMILES string of the molecule is CCSc1cc2c(cc1C(=O)/C=C/c1cc(C(F)(F)F)ncc1NC)nc(C(F)(F)F)n2C. The van der Waals surface area contributed by atoms with E-state index in [1.165, 1.54) is 44.1 Å². The lowest BCUT2D eigenvalue weighted by Crippen LogP contribution is -2.12. The molecule has 0 amide bonds. The molecule has 0 aliphatic heterocycles. The third-order valence-corrected chi connectivity index (χ3v) is 5.65. The molecule has 0 saturated carbocycles. The molecule has 0 aliphatic carbocycles. The minimum absolute atomic E-state index is 0.0128. The highest BCUT2D eigenvalue weighted by Gasteiger charge is 2.37. The Labute approximate surface area is 188 Å². The predicted octanol–water partition coefficient (Wildman–Crippen LogP) is 6.06. The van der Waals surface area contributed by atoms with Crippen molar-refractivity contribution < 1.29 is 31.1 Å². The number of pyridine rings is 1. The lowest BCUT2D eigenvalue weighted by Gasteiger charge is -2.10. The van der Waals surface area contributed by atoms with Crippen LogP contribution in [0.2, 0.25) is 0 Å².